The highest BCUT2D eigenvalue weighted by atomic mass is 127. The van der Waals surface area contributed by atoms with Gasteiger partial charge < -0.3 is 0 Å². The van der Waals surface area contributed by atoms with E-state index in [1.165, 1.54) is 15.3 Å². The van der Waals surface area contributed by atoms with Gasteiger partial charge in [-0.05, 0) is 20.2 Å². The molecule has 0 atom stereocenters. The molecule has 0 aliphatic rings. The van der Waals surface area contributed by atoms with Gasteiger partial charge in [0.05, 0.1) is 0 Å². The molecule has 0 aliphatic carbocycles. The van der Waals surface area contributed by atoms with E-state index in [4.69, 9.17) is 0 Å². The normalized spacial score (nSPS) is 8.14. The molecule has 92 valence electrons. The molecule has 4 heteroatoms. The van der Waals surface area contributed by atoms with Crippen LogP contribution in [-0.2, 0) is 0 Å². The number of alkyl halides is 4. The summed E-state index contributed by atoms with van der Waals surface area (Å²) in [5, 5.41) is 0. The summed E-state index contributed by atoms with van der Waals surface area (Å²) in [6.07, 6.45) is 1.31. The Labute approximate surface area is 146 Å². The molecule has 0 aromatic rings. The molecular formula is C10H24I4. The SMILES string of the molecule is CC(C)(C)I.CCCI.CCI.CI. The molecule has 0 bridgehead atoms. The lowest BCUT2D eigenvalue weighted by Gasteiger charge is -2.02. The molecule has 0 fully saturated rings. The largest absolute Gasteiger partial charge is 0.0901 e. The minimum absolute atomic E-state index is 0.470. The van der Waals surface area contributed by atoms with Crippen LogP contribution in [0.4, 0.5) is 0 Å². The Balaban J connectivity index is -0.0000000505. The summed E-state index contributed by atoms with van der Waals surface area (Å²) in [6, 6.07) is 0. The molecule has 0 radical (unpaired) electrons. The minimum atomic E-state index is 0.470. The first-order valence-electron chi connectivity index (χ1n) is 4.52. The Morgan fingerprint density at radius 3 is 1.00 bits per heavy atom. The fourth-order valence-corrected chi connectivity index (χ4v) is 0. The second kappa shape index (κ2) is 24.9. The van der Waals surface area contributed by atoms with E-state index in [9.17, 15) is 0 Å². The van der Waals surface area contributed by atoms with E-state index in [1.807, 2.05) is 4.93 Å². The number of hydrogen-bond acceptors (Lipinski definition) is 0. The average molecular weight is 652 g/mol. The van der Waals surface area contributed by atoms with Gasteiger partial charge in [0.2, 0.25) is 0 Å². The van der Waals surface area contributed by atoms with Crippen molar-refractivity contribution in [2.45, 2.75) is 44.5 Å². The van der Waals surface area contributed by atoms with E-state index in [-0.39, 0.29) is 0 Å². The Bertz CT molecular complexity index is 51.6. The van der Waals surface area contributed by atoms with Gasteiger partial charge in [0.25, 0.3) is 0 Å². The lowest BCUT2D eigenvalue weighted by molar-refractivity contribution is 0.846. The topological polar surface area (TPSA) is 0 Å². The number of halogens is 4. The summed E-state index contributed by atoms with van der Waals surface area (Å²) in [7, 11) is 0. The summed E-state index contributed by atoms with van der Waals surface area (Å²) >= 11 is 9.17. The fourth-order valence-electron chi connectivity index (χ4n) is 0. The van der Waals surface area contributed by atoms with Crippen LogP contribution in [0.5, 0.6) is 0 Å². The zero-order valence-electron chi connectivity index (χ0n) is 10.1. The predicted molar refractivity (Wildman–Crippen MR) is 107 cm³/mol. The summed E-state index contributed by atoms with van der Waals surface area (Å²) in [5.74, 6) is 0. The maximum atomic E-state index is 2.38. The molecule has 0 heterocycles. The van der Waals surface area contributed by atoms with Crippen LogP contribution >= 0.6 is 90.4 Å². The molecule has 0 saturated carbocycles. The lowest BCUT2D eigenvalue weighted by Crippen LogP contribution is -1.97. The summed E-state index contributed by atoms with van der Waals surface area (Å²) in [5.41, 5.74) is 0. The molecule has 0 aromatic heterocycles. The van der Waals surface area contributed by atoms with Crippen molar-refractivity contribution in [3.05, 3.63) is 0 Å². The maximum absolute atomic E-state index is 2.38. The first-order chi connectivity index (χ1) is 6.33. The van der Waals surface area contributed by atoms with Crippen LogP contribution in [0.3, 0.4) is 0 Å². The summed E-state index contributed by atoms with van der Waals surface area (Å²) < 4.78 is 2.98. The smallest absolute Gasteiger partial charge is 0.0137 e. The van der Waals surface area contributed by atoms with E-state index < -0.39 is 0 Å². The molecule has 0 amide bonds. The second-order valence-corrected chi connectivity index (χ2v) is 8.86. The average Bonchev–Trinajstić information content (AvgIpc) is 2.06. The van der Waals surface area contributed by atoms with Crippen LogP contribution in [0.25, 0.3) is 0 Å². The van der Waals surface area contributed by atoms with Crippen LogP contribution in [-0.4, -0.2) is 17.2 Å². The fraction of sp³-hybridized carbons (Fsp3) is 1.00. The first kappa shape index (κ1) is 25.7. The van der Waals surface area contributed by atoms with Crippen LogP contribution in [0.15, 0.2) is 0 Å². The van der Waals surface area contributed by atoms with E-state index in [2.05, 4.69) is 125 Å². The zero-order chi connectivity index (χ0) is 12.6. The highest BCUT2D eigenvalue weighted by Gasteiger charge is 1.98. The van der Waals surface area contributed by atoms with Gasteiger partial charge in [-0.15, -0.1) is 0 Å². The van der Waals surface area contributed by atoms with Gasteiger partial charge in [-0.1, -0.05) is 125 Å². The number of rotatable bonds is 1. The van der Waals surface area contributed by atoms with Gasteiger partial charge in [-0.2, -0.15) is 0 Å². The monoisotopic (exact) mass is 652 g/mol. The Morgan fingerprint density at radius 1 is 0.929 bits per heavy atom. The van der Waals surface area contributed by atoms with Gasteiger partial charge >= 0.3 is 0 Å². The quantitative estimate of drug-likeness (QED) is 0.223. The first-order valence-corrected chi connectivity index (χ1v) is 10.8. The van der Waals surface area contributed by atoms with Crippen LogP contribution in [0.2, 0.25) is 0 Å². The van der Waals surface area contributed by atoms with E-state index in [1.54, 1.807) is 0 Å². The molecule has 0 spiro atoms. The van der Waals surface area contributed by atoms with Gasteiger partial charge in [-0.25, -0.2) is 0 Å². The Kier molecular flexibility index (Phi) is 45.8. The van der Waals surface area contributed by atoms with Crippen molar-refractivity contribution in [3.8, 4) is 0 Å². The van der Waals surface area contributed by atoms with Crippen LogP contribution in [0, 0.1) is 0 Å². The van der Waals surface area contributed by atoms with Gasteiger partial charge in [-0.3, -0.25) is 0 Å². The van der Waals surface area contributed by atoms with Crippen molar-refractivity contribution in [2.75, 3.05) is 13.8 Å². The lowest BCUT2D eigenvalue weighted by atomic mass is 10.3. The third-order valence-electron chi connectivity index (χ3n) is 0.189. The Morgan fingerprint density at radius 2 is 1.00 bits per heavy atom. The van der Waals surface area contributed by atoms with Crippen molar-refractivity contribution >= 4 is 90.4 Å². The molecule has 0 nitrogen and oxygen atoms in total. The van der Waals surface area contributed by atoms with Gasteiger partial charge in [0.1, 0.15) is 0 Å². The predicted octanol–water partition coefficient (Wildman–Crippen LogP) is 6.54. The second-order valence-electron chi connectivity index (χ2n) is 3.02. The third kappa shape index (κ3) is 188. The van der Waals surface area contributed by atoms with Gasteiger partial charge in [0.15, 0.2) is 0 Å². The molecule has 0 aromatic carbocycles. The highest BCUT2D eigenvalue weighted by molar-refractivity contribution is 14.1. The standard InChI is InChI=1S/C4H9I.C3H7I.C2H5I.CH3I/c1-4(2,3)5;1-2-3-4;1-2-3;1-2/h1-3H3;2-3H2,1H3;2H2,1H3;1H3. The van der Waals surface area contributed by atoms with Crippen LogP contribution in [0.1, 0.15) is 41.0 Å². The number of hydrogen-bond donors (Lipinski definition) is 0. The van der Waals surface area contributed by atoms with Crippen molar-refractivity contribution in [2.24, 2.45) is 0 Å². The summed E-state index contributed by atoms with van der Waals surface area (Å²) in [6.45, 7) is 10.8. The van der Waals surface area contributed by atoms with E-state index in [0.717, 1.165) is 0 Å². The minimum Gasteiger partial charge on any atom is -0.0901 e. The molecule has 0 saturated heterocycles. The van der Waals surface area contributed by atoms with Crippen molar-refractivity contribution < 1.29 is 0 Å². The molecule has 14 heavy (non-hydrogen) atoms. The molecule has 0 N–H and O–H groups in total. The third-order valence-corrected chi connectivity index (χ3v) is 1.27. The molecule has 0 aliphatic heterocycles. The van der Waals surface area contributed by atoms with Gasteiger partial charge in [0, 0.05) is 3.42 Å². The highest BCUT2D eigenvalue weighted by Crippen LogP contribution is 2.12. The molecule has 0 unspecified atom stereocenters. The summed E-state index contributed by atoms with van der Waals surface area (Å²) in [4.78, 5) is 1.97. The maximum Gasteiger partial charge on any atom is 0.0137 e. The van der Waals surface area contributed by atoms with E-state index in [0.29, 0.717) is 3.42 Å². The van der Waals surface area contributed by atoms with Crippen molar-refractivity contribution in [1.82, 2.24) is 0 Å². The van der Waals surface area contributed by atoms with Crippen LogP contribution < -0.4 is 0 Å². The zero-order valence-corrected chi connectivity index (χ0v) is 18.8. The Hall–Kier alpha value is 2.92. The van der Waals surface area contributed by atoms with E-state index >= 15 is 0 Å². The molecular weight excluding hydrogens is 628 g/mol. The van der Waals surface area contributed by atoms with Crippen molar-refractivity contribution in [1.29, 1.82) is 0 Å². The molecule has 0 rings (SSSR count). The van der Waals surface area contributed by atoms with Crippen molar-refractivity contribution in [3.63, 3.8) is 0 Å².